The summed E-state index contributed by atoms with van der Waals surface area (Å²) in [6, 6.07) is 11.3. The maximum absolute atomic E-state index is 7.23. The van der Waals surface area contributed by atoms with Crippen LogP contribution in [0.4, 0.5) is 11.4 Å². The van der Waals surface area contributed by atoms with E-state index in [4.69, 9.17) is 11.3 Å². The Labute approximate surface area is 154 Å². The molecule has 1 saturated heterocycles. The summed E-state index contributed by atoms with van der Waals surface area (Å²) in [4.78, 5) is 6.17. The van der Waals surface area contributed by atoms with Gasteiger partial charge in [-0.2, -0.15) is 0 Å². The molecule has 132 valence electrons. The fourth-order valence-corrected chi connectivity index (χ4v) is 4.98. The lowest BCUT2D eigenvalue weighted by Gasteiger charge is -2.33. The first-order valence-corrected chi connectivity index (χ1v) is 9.46. The van der Waals surface area contributed by atoms with Crippen LogP contribution in [0.1, 0.15) is 29.0 Å². The van der Waals surface area contributed by atoms with Gasteiger partial charge in [0.2, 0.25) is 0 Å². The van der Waals surface area contributed by atoms with E-state index in [1.807, 2.05) is 12.1 Å². The predicted molar refractivity (Wildman–Crippen MR) is 104 cm³/mol. The number of nitrogens with one attached hydrogen (secondary N) is 1. The lowest BCUT2D eigenvalue weighted by molar-refractivity contribution is 0.130. The van der Waals surface area contributed by atoms with Crippen LogP contribution in [0.5, 0.6) is 0 Å². The van der Waals surface area contributed by atoms with Gasteiger partial charge in [0.05, 0.1) is 19.8 Å². The Morgan fingerprint density at radius 3 is 3.04 bits per heavy atom. The van der Waals surface area contributed by atoms with Crippen molar-refractivity contribution in [2.24, 2.45) is 0 Å². The third kappa shape index (κ3) is 2.35. The van der Waals surface area contributed by atoms with E-state index < -0.39 is 0 Å². The highest BCUT2D eigenvalue weighted by Crippen LogP contribution is 2.48. The van der Waals surface area contributed by atoms with Crippen LogP contribution in [0.15, 0.2) is 30.3 Å². The molecule has 0 aromatic heterocycles. The van der Waals surface area contributed by atoms with E-state index in [9.17, 15) is 0 Å². The number of rotatable bonds is 1. The molecule has 26 heavy (non-hydrogen) atoms. The van der Waals surface area contributed by atoms with Gasteiger partial charge in [-0.05, 0) is 48.7 Å². The van der Waals surface area contributed by atoms with Gasteiger partial charge in [0.15, 0.2) is 5.69 Å². The van der Waals surface area contributed by atoms with Gasteiger partial charge in [-0.3, -0.25) is 0 Å². The van der Waals surface area contributed by atoms with Gasteiger partial charge < -0.3 is 15.0 Å². The van der Waals surface area contributed by atoms with Crippen LogP contribution in [0, 0.1) is 13.5 Å². The summed E-state index contributed by atoms with van der Waals surface area (Å²) < 4.78 is 5.92. The van der Waals surface area contributed by atoms with Crippen LogP contribution in [-0.2, 0) is 11.3 Å². The Morgan fingerprint density at radius 1 is 1.27 bits per heavy atom. The Hall–Kier alpha value is -2.35. The molecule has 3 aliphatic heterocycles. The zero-order chi connectivity index (χ0) is 17.7. The lowest BCUT2D eigenvalue weighted by atomic mass is 9.87. The van der Waals surface area contributed by atoms with Gasteiger partial charge in [-0.15, -0.1) is 0 Å². The number of piperidine rings is 1. The molecule has 0 aliphatic carbocycles. The van der Waals surface area contributed by atoms with E-state index in [1.54, 1.807) is 0 Å². The van der Waals surface area contributed by atoms with Crippen molar-refractivity contribution in [1.29, 1.82) is 0 Å². The average molecular weight is 345 g/mol. The fraction of sp³-hybridized carbons (Fsp3) is 0.409. The normalized spacial score (nSPS) is 23.8. The standard InChI is InChI=1S/C22H23N3O/c1-14-9-17(23-2)3-4-18(14)15-10-16-13-26-8-7-25-21-5-6-24-12-20(21)19(11-15)22(16)25/h3-4,9-11,20-21,24H,5-8,12-13H2,1H3/t20-,21-/m0/s1. The molecule has 0 amide bonds. The number of aryl methyl sites for hydroxylation is 1. The van der Waals surface area contributed by atoms with Gasteiger partial charge >= 0.3 is 0 Å². The molecule has 5 rings (SSSR count). The summed E-state index contributed by atoms with van der Waals surface area (Å²) in [5, 5.41) is 3.59. The first kappa shape index (κ1) is 15.9. The average Bonchev–Trinajstić information content (AvgIpc) is 2.83. The molecule has 1 N–H and O–H groups in total. The van der Waals surface area contributed by atoms with Crippen LogP contribution in [0.3, 0.4) is 0 Å². The van der Waals surface area contributed by atoms with Crippen molar-refractivity contribution in [2.45, 2.75) is 31.9 Å². The van der Waals surface area contributed by atoms with E-state index in [0.29, 0.717) is 24.3 Å². The second kappa shape index (κ2) is 6.12. The molecular weight excluding hydrogens is 322 g/mol. The SMILES string of the molecule is [C-]#[N+]c1ccc(-c2cc3c4c(c2)[C@@H]2CNCC[C@@H]2N4CCOC3)c(C)c1. The van der Waals surface area contributed by atoms with Gasteiger partial charge in [0, 0.05) is 36.3 Å². The Balaban J connectivity index is 1.67. The summed E-state index contributed by atoms with van der Waals surface area (Å²) in [5.41, 5.74) is 8.57. The van der Waals surface area contributed by atoms with Crippen LogP contribution >= 0.6 is 0 Å². The number of anilines is 1. The number of fused-ring (bicyclic) bond motifs is 3. The van der Waals surface area contributed by atoms with E-state index >= 15 is 0 Å². The lowest BCUT2D eigenvalue weighted by Crippen LogP contribution is -2.44. The maximum atomic E-state index is 7.23. The number of hydrogen-bond donors (Lipinski definition) is 1. The first-order valence-electron chi connectivity index (χ1n) is 9.46. The second-order valence-electron chi connectivity index (χ2n) is 7.60. The third-order valence-electron chi connectivity index (χ3n) is 6.14. The van der Waals surface area contributed by atoms with Crippen LogP contribution in [-0.4, -0.2) is 32.3 Å². The molecular formula is C22H23N3O. The van der Waals surface area contributed by atoms with Gasteiger partial charge in [0.25, 0.3) is 0 Å². The molecule has 2 aromatic rings. The molecule has 0 bridgehead atoms. The number of ether oxygens (including phenoxy) is 1. The zero-order valence-electron chi connectivity index (χ0n) is 15.1. The van der Waals surface area contributed by atoms with E-state index in [1.165, 1.54) is 34.4 Å². The summed E-state index contributed by atoms with van der Waals surface area (Å²) in [5.74, 6) is 0.568. The molecule has 2 aromatic carbocycles. The first-order chi connectivity index (χ1) is 12.8. The predicted octanol–water partition coefficient (Wildman–Crippen LogP) is 4.01. The van der Waals surface area contributed by atoms with Crippen molar-refractivity contribution in [3.8, 4) is 11.1 Å². The highest BCUT2D eigenvalue weighted by molar-refractivity contribution is 5.78. The van der Waals surface area contributed by atoms with E-state index in [-0.39, 0.29) is 0 Å². The fourth-order valence-electron chi connectivity index (χ4n) is 4.98. The molecule has 4 heteroatoms. The number of hydrogen-bond acceptors (Lipinski definition) is 3. The number of nitrogens with zero attached hydrogens (tertiary/aromatic N) is 2. The molecule has 0 spiro atoms. The van der Waals surface area contributed by atoms with Crippen molar-refractivity contribution in [3.63, 3.8) is 0 Å². The highest BCUT2D eigenvalue weighted by atomic mass is 16.5. The van der Waals surface area contributed by atoms with Crippen molar-refractivity contribution < 1.29 is 4.74 Å². The molecule has 3 heterocycles. The van der Waals surface area contributed by atoms with Gasteiger partial charge in [-0.1, -0.05) is 23.8 Å². The largest absolute Gasteiger partial charge is 0.375 e. The van der Waals surface area contributed by atoms with Crippen molar-refractivity contribution in [3.05, 3.63) is 58.4 Å². The molecule has 1 fully saturated rings. The third-order valence-corrected chi connectivity index (χ3v) is 6.14. The summed E-state index contributed by atoms with van der Waals surface area (Å²) >= 11 is 0. The van der Waals surface area contributed by atoms with Crippen LogP contribution in [0.25, 0.3) is 16.0 Å². The molecule has 3 aliphatic rings. The topological polar surface area (TPSA) is 28.9 Å². The van der Waals surface area contributed by atoms with Crippen molar-refractivity contribution >= 4 is 11.4 Å². The molecule has 0 radical (unpaired) electrons. The molecule has 2 atom stereocenters. The Bertz CT molecular complexity index is 914. The zero-order valence-corrected chi connectivity index (χ0v) is 15.1. The Kier molecular flexibility index (Phi) is 3.74. The van der Waals surface area contributed by atoms with E-state index in [0.717, 1.165) is 31.8 Å². The van der Waals surface area contributed by atoms with Gasteiger partial charge in [-0.25, -0.2) is 4.85 Å². The smallest absolute Gasteiger partial charge is 0.187 e. The van der Waals surface area contributed by atoms with Crippen LogP contribution < -0.4 is 10.2 Å². The molecule has 4 nitrogen and oxygen atoms in total. The summed E-state index contributed by atoms with van der Waals surface area (Å²) in [7, 11) is 0. The second-order valence-corrected chi connectivity index (χ2v) is 7.60. The summed E-state index contributed by atoms with van der Waals surface area (Å²) in [6.45, 7) is 14.0. The molecule has 0 saturated carbocycles. The summed E-state index contributed by atoms with van der Waals surface area (Å²) in [6.07, 6.45) is 1.20. The van der Waals surface area contributed by atoms with Crippen molar-refractivity contribution in [1.82, 2.24) is 5.32 Å². The minimum Gasteiger partial charge on any atom is -0.375 e. The number of benzene rings is 2. The maximum Gasteiger partial charge on any atom is 0.187 e. The monoisotopic (exact) mass is 345 g/mol. The Morgan fingerprint density at radius 2 is 2.19 bits per heavy atom. The van der Waals surface area contributed by atoms with E-state index in [2.05, 4.69) is 40.2 Å². The minimum absolute atomic E-state index is 0.568. The van der Waals surface area contributed by atoms with Crippen LogP contribution in [0.2, 0.25) is 0 Å². The quantitative estimate of drug-likeness (QED) is 0.792. The highest BCUT2D eigenvalue weighted by Gasteiger charge is 2.41. The van der Waals surface area contributed by atoms with Crippen molar-refractivity contribution in [2.75, 3.05) is 31.1 Å². The van der Waals surface area contributed by atoms with Gasteiger partial charge in [0.1, 0.15) is 0 Å². The minimum atomic E-state index is 0.568. The molecule has 0 unspecified atom stereocenters.